The molecule has 0 saturated heterocycles. The lowest BCUT2D eigenvalue weighted by Crippen LogP contribution is -2.32. The molecular formula is C23H25N3O5. The Morgan fingerprint density at radius 2 is 1.87 bits per heavy atom. The van der Waals surface area contributed by atoms with Crippen molar-refractivity contribution in [3.8, 4) is 17.2 Å². The van der Waals surface area contributed by atoms with Crippen molar-refractivity contribution >= 4 is 17.9 Å². The van der Waals surface area contributed by atoms with Crippen molar-refractivity contribution in [2.24, 2.45) is 7.05 Å². The van der Waals surface area contributed by atoms with E-state index in [0.29, 0.717) is 41.3 Å². The highest BCUT2D eigenvalue weighted by Crippen LogP contribution is 2.29. The van der Waals surface area contributed by atoms with Gasteiger partial charge in [-0.05, 0) is 51.1 Å². The number of aromatic nitrogens is 2. The molecule has 1 N–H and O–H groups in total. The molecule has 162 valence electrons. The normalized spacial score (nSPS) is 11.6. The minimum absolute atomic E-state index is 0.188. The first-order valence-electron chi connectivity index (χ1n) is 9.91. The number of benzene rings is 2. The molecule has 0 spiro atoms. The molecule has 0 aliphatic heterocycles. The van der Waals surface area contributed by atoms with Crippen molar-refractivity contribution in [2.45, 2.75) is 26.9 Å². The van der Waals surface area contributed by atoms with Crippen molar-refractivity contribution in [1.82, 2.24) is 9.36 Å². The summed E-state index contributed by atoms with van der Waals surface area (Å²) in [7, 11) is 1.75. The molecule has 8 heteroatoms. The van der Waals surface area contributed by atoms with Crippen molar-refractivity contribution < 1.29 is 19.1 Å². The van der Waals surface area contributed by atoms with E-state index in [-0.39, 0.29) is 11.2 Å². The van der Waals surface area contributed by atoms with Gasteiger partial charge in [-0.2, -0.15) is 0 Å². The first-order chi connectivity index (χ1) is 14.9. The Bertz CT molecular complexity index is 1150. The Kier molecular flexibility index (Phi) is 6.59. The van der Waals surface area contributed by atoms with Crippen molar-refractivity contribution in [1.29, 1.82) is 0 Å². The molecule has 3 rings (SSSR count). The zero-order valence-corrected chi connectivity index (χ0v) is 17.9. The van der Waals surface area contributed by atoms with Crippen LogP contribution in [-0.2, 0) is 11.8 Å². The van der Waals surface area contributed by atoms with Crippen LogP contribution in [0.3, 0.4) is 0 Å². The van der Waals surface area contributed by atoms with Crippen LogP contribution in [0.4, 0.5) is 5.69 Å². The highest BCUT2D eigenvalue weighted by atomic mass is 16.5. The van der Waals surface area contributed by atoms with Gasteiger partial charge in [-0.3, -0.25) is 19.1 Å². The van der Waals surface area contributed by atoms with Gasteiger partial charge in [0.25, 0.3) is 11.5 Å². The summed E-state index contributed by atoms with van der Waals surface area (Å²) in [5.41, 5.74) is 1.60. The maximum atomic E-state index is 13.0. The summed E-state index contributed by atoms with van der Waals surface area (Å²) in [5, 5.41) is 2.69. The predicted molar refractivity (Wildman–Crippen MR) is 117 cm³/mol. The fourth-order valence-electron chi connectivity index (χ4n) is 3.14. The second-order valence-corrected chi connectivity index (χ2v) is 6.94. The number of hydrogen-bond acceptors (Lipinski definition) is 5. The Morgan fingerprint density at radius 1 is 1.16 bits per heavy atom. The number of amides is 1. The highest BCUT2D eigenvalue weighted by Gasteiger charge is 2.23. The summed E-state index contributed by atoms with van der Waals surface area (Å²) in [6, 6.07) is 13.9. The first kappa shape index (κ1) is 21.9. The van der Waals surface area contributed by atoms with E-state index in [4.69, 9.17) is 9.47 Å². The van der Waals surface area contributed by atoms with Crippen LogP contribution in [0.15, 0.2) is 53.3 Å². The van der Waals surface area contributed by atoms with Gasteiger partial charge >= 0.3 is 0 Å². The summed E-state index contributed by atoms with van der Waals surface area (Å²) < 4.78 is 14.4. The van der Waals surface area contributed by atoms with Gasteiger partial charge in [0.15, 0.2) is 17.6 Å². The van der Waals surface area contributed by atoms with Gasteiger partial charge in [0.05, 0.1) is 18.0 Å². The van der Waals surface area contributed by atoms with Crippen LogP contribution in [0.2, 0.25) is 0 Å². The number of carbonyl (C=O) groups is 2. The number of anilines is 1. The molecule has 0 saturated carbocycles. The summed E-state index contributed by atoms with van der Waals surface area (Å²) in [5.74, 6) is 0.226. The molecule has 0 bridgehead atoms. The van der Waals surface area contributed by atoms with E-state index in [1.165, 1.54) is 4.68 Å². The van der Waals surface area contributed by atoms with E-state index in [1.54, 1.807) is 43.8 Å². The maximum Gasteiger partial charge on any atom is 0.295 e. The zero-order chi connectivity index (χ0) is 22.5. The molecule has 1 aromatic heterocycles. The third-order valence-corrected chi connectivity index (χ3v) is 4.88. The second-order valence-electron chi connectivity index (χ2n) is 6.94. The molecule has 1 atom stereocenters. The van der Waals surface area contributed by atoms with Crippen molar-refractivity contribution in [3.05, 3.63) is 70.1 Å². The molecule has 0 unspecified atom stereocenters. The number of rotatable bonds is 8. The van der Waals surface area contributed by atoms with Gasteiger partial charge in [0.2, 0.25) is 0 Å². The van der Waals surface area contributed by atoms with Crippen LogP contribution >= 0.6 is 0 Å². The van der Waals surface area contributed by atoms with Gasteiger partial charge in [0.1, 0.15) is 12.0 Å². The van der Waals surface area contributed by atoms with Gasteiger partial charge in [-0.25, -0.2) is 4.68 Å². The number of ether oxygens (including phenoxy) is 2. The third-order valence-electron chi connectivity index (χ3n) is 4.88. The molecular weight excluding hydrogens is 398 g/mol. The van der Waals surface area contributed by atoms with E-state index >= 15 is 0 Å². The minimum atomic E-state index is -0.912. The maximum absolute atomic E-state index is 13.0. The van der Waals surface area contributed by atoms with Crippen LogP contribution in [-0.4, -0.2) is 34.3 Å². The molecule has 0 fully saturated rings. The van der Waals surface area contributed by atoms with E-state index < -0.39 is 12.0 Å². The summed E-state index contributed by atoms with van der Waals surface area (Å²) in [4.78, 5) is 36.8. The van der Waals surface area contributed by atoms with Crippen LogP contribution in [0.25, 0.3) is 5.69 Å². The topological polar surface area (TPSA) is 91.6 Å². The molecule has 8 nitrogen and oxygen atoms in total. The lowest BCUT2D eigenvalue weighted by Gasteiger charge is -2.17. The van der Waals surface area contributed by atoms with Gasteiger partial charge in [-0.15, -0.1) is 0 Å². The molecule has 0 aliphatic rings. The van der Waals surface area contributed by atoms with E-state index in [1.807, 2.05) is 37.3 Å². The average Bonchev–Trinajstić information content (AvgIpc) is 2.98. The fourth-order valence-corrected chi connectivity index (χ4v) is 3.14. The number of nitrogens with one attached hydrogen (secondary N) is 1. The lowest BCUT2D eigenvalue weighted by atomic mass is 10.2. The average molecular weight is 423 g/mol. The van der Waals surface area contributed by atoms with Crippen molar-refractivity contribution in [2.75, 3.05) is 11.9 Å². The molecule has 0 aliphatic carbocycles. The molecule has 0 radical (unpaired) electrons. The summed E-state index contributed by atoms with van der Waals surface area (Å²) in [6.45, 7) is 5.52. The number of hydrogen-bond donors (Lipinski definition) is 1. The first-order valence-corrected chi connectivity index (χ1v) is 9.91. The Hall–Kier alpha value is -3.81. The summed E-state index contributed by atoms with van der Waals surface area (Å²) in [6.07, 6.45) is -0.205. The van der Waals surface area contributed by atoms with Gasteiger partial charge in [0, 0.05) is 12.6 Å². The van der Waals surface area contributed by atoms with Gasteiger partial charge in [-0.1, -0.05) is 18.2 Å². The monoisotopic (exact) mass is 423 g/mol. The highest BCUT2D eigenvalue weighted by molar-refractivity contribution is 5.94. The van der Waals surface area contributed by atoms with Crippen LogP contribution in [0.5, 0.6) is 11.5 Å². The SMILES string of the molecule is CCOc1cc(C=O)ccc1O[C@@H](C)C(=O)Nc1c(C)n(C)n(-c2ccccc2)c1=O. The second kappa shape index (κ2) is 9.34. The molecule has 1 heterocycles. The van der Waals surface area contributed by atoms with Crippen LogP contribution in [0, 0.1) is 6.92 Å². The molecule has 3 aromatic rings. The third kappa shape index (κ3) is 4.53. The predicted octanol–water partition coefficient (Wildman–Crippen LogP) is 3.10. The summed E-state index contributed by atoms with van der Waals surface area (Å²) >= 11 is 0. The van der Waals surface area contributed by atoms with Crippen molar-refractivity contribution in [3.63, 3.8) is 0 Å². The van der Waals surface area contributed by atoms with E-state index in [0.717, 1.165) is 0 Å². The quantitative estimate of drug-likeness (QED) is 0.562. The Labute approximate surface area is 180 Å². The lowest BCUT2D eigenvalue weighted by molar-refractivity contribution is -0.122. The smallest absolute Gasteiger partial charge is 0.295 e. The number of carbonyl (C=O) groups excluding carboxylic acids is 2. The minimum Gasteiger partial charge on any atom is -0.490 e. The van der Waals surface area contributed by atoms with E-state index in [2.05, 4.69) is 5.32 Å². The molecule has 1 amide bonds. The number of aldehydes is 1. The zero-order valence-electron chi connectivity index (χ0n) is 17.9. The van der Waals surface area contributed by atoms with E-state index in [9.17, 15) is 14.4 Å². The molecule has 2 aromatic carbocycles. The van der Waals surface area contributed by atoms with Crippen LogP contribution < -0.4 is 20.3 Å². The fraction of sp³-hybridized carbons (Fsp3) is 0.261. The van der Waals surface area contributed by atoms with Gasteiger partial charge < -0.3 is 14.8 Å². The number of para-hydroxylation sites is 1. The Morgan fingerprint density at radius 3 is 2.52 bits per heavy atom. The largest absolute Gasteiger partial charge is 0.490 e. The molecule has 31 heavy (non-hydrogen) atoms. The Balaban J connectivity index is 1.83. The standard InChI is InChI=1S/C23H25N3O5/c1-5-30-20-13-17(14-27)11-12-19(20)31-16(3)22(28)24-21-15(2)25(4)26(23(21)29)18-9-7-6-8-10-18/h6-14,16H,5H2,1-4H3,(H,24,28)/t16-/m0/s1. The van der Waals surface area contributed by atoms with Crippen LogP contribution in [0.1, 0.15) is 29.9 Å². The number of nitrogens with zero attached hydrogens (tertiary/aromatic N) is 2.